The number of nitrogens with one attached hydrogen (secondary N) is 1. The molecule has 144 valence electrons. The molecule has 2 amide bonds. The zero-order chi connectivity index (χ0) is 19.5. The Bertz CT molecular complexity index is 988. The van der Waals surface area contributed by atoms with Gasteiger partial charge in [-0.3, -0.25) is 9.59 Å². The molecule has 1 spiro atoms. The highest BCUT2D eigenvalue weighted by molar-refractivity contribution is 6.31. The van der Waals surface area contributed by atoms with Crippen LogP contribution in [0.1, 0.15) is 42.7 Å². The number of piperidine rings is 1. The average molecular weight is 415 g/mol. The van der Waals surface area contributed by atoms with Gasteiger partial charge in [-0.1, -0.05) is 41.4 Å². The molecule has 0 bridgehead atoms. The molecule has 0 radical (unpaired) electrons. The Morgan fingerprint density at radius 2 is 1.82 bits per heavy atom. The Morgan fingerprint density at radius 1 is 1.04 bits per heavy atom. The molecule has 2 fully saturated rings. The topological polar surface area (TPSA) is 49.4 Å². The van der Waals surface area contributed by atoms with Crippen LogP contribution in [0.3, 0.4) is 0 Å². The van der Waals surface area contributed by atoms with Crippen LogP contribution in [0, 0.1) is 5.92 Å². The minimum atomic E-state index is -1.10. The van der Waals surface area contributed by atoms with Gasteiger partial charge < -0.3 is 10.2 Å². The van der Waals surface area contributed by atoms with E-state index in [9.17, 15) is 9.59 Å². The average Bonchev–Trinajstić information content (AvgIpc) is 3.46. The molecule has 3 aliphatic rings. The highest BCUT2D eigenvalue weighted by Gasteiger charge is 2.58. The second kappa shape index (κ2) is 6.50. The van der Waals surface area contributed by atoms with Crippen LogP contribution in [0.4, 0.5) is 5.69 Å². The van der Waals surface area contributed by atoms with Crippen molar-refractivity contribution in [3.05, 3.63) is 63.6 Å². The Balaban J connectivity index is 1.70. The fourth-order valence-electron chi connectivity index (χ4n) is 4.70. The normalized spacial score (nSPS) is 26.5. The van der Waals surface area contributed by atoms with Crippen molar-refractivity contribution in [2.45, 2.75) is 37.1 Å². The van der Waals surface area contributed by atoms with Crippen molar-refractivity contribution in [1.82, 2.24) is 5.32 Å². The van der Waals surface area contributed by atoms with Crippen molar-refractivity contribution in [1.29, 1.82) is 0 Å². The minimum Gasteiger partial charge on any atom is -0.337 e. The summed E-state index contributed by atoms with van der Waals surface area (Å²) in [5.41, 5.74) is 1.52. The molecule has 28 heavy (non-hydrogen) atoms. The molecule has 2 aromatic rings. The Morgan fingerprint density at radius 3 is 2.57 bits per heavy atom. The van der Waals surface area contributed by atoms with Crippen LogP contribution in [-0.2, 0) is 15.1 Å². The van der Waals surface area contributed by atoms with Gasteiger partial charge in [-0.05, 0) is 55.0 Å². The van der Waals surface area contributed by atoms with Crippen molar-refractivity contribution in [2.75, 3.05) is 11.4 Å². The lowest BCUT2D eigenvalue weighted by atomic mass is 9.70. The lowest BCUT2D eigenvalue weighted by molar-refractivity contribution is -0.135. The Kier molecular flexibility index (Phi) is 4.18. The predicted octanol–water partition coefficient (Wildman–Crippen LogP) is 4.64. The zero-order valence-electron chi connectivity index (χ0n) is 15.3. The van der Waals surface area contributed by atoms with E-state index in [1.54, 1.807) is 6.07 Å². The van der Waals surface area contributed by atoms with Crippen LogP contribution >= 0.6 is 23.2 Å². The van der Waals surface area contributed by atoms with Crippen molar-refractivity contribution in [2.24, 2.45) is 5.92 Å². The molecule has 2 aromatic carbocycles. The third-order valence-corrected chi connectivity index (χ3v) is 6.64. The second-order valence-corrected chi connectivity index (χ2v) is 8.90. The number of nitrogens with zero attached hydrogens (tertiary/aromatic N) is 1. The first kappa shape index (κ1) is 18.0. The monoisotopic (exact) mass is 414 g/mol. The second-order valence-electron chi connectivity index (χ2n) is 8.02. The van der Waals surface area contributed by atoms with Crippen molar-refractivity contribution in [3.8, 4) is 0 Å². The SMILES string of the molecule is O=C1CC[C@H](c2cccc(Cl)c2)[C@@]2(N1)C(=O)N(CC1CC1)c1cc(Cl)ccc12. The molecule has 0 unspecified atom stereocenters. The van der Waals surface area contributed by atoms with Gasteiger partial charge in [-0.25, -0.2) is 0 Å². The number of hydrogen-bond acceptors (Lipinski definition) is 2. The fraction of sp³-hybridized carbons (Fsp3) is 0.364. The number of fused-ring (bicyclic) bond motifs is 2. The van der Waals surface area contributed by atoms with Gasteiger partial charge in [-0.2, -0.15) is 0 Å². The van der Waals surface area contributed by atoms with Crippen LogP contribution < -0.4 is 10.2 Å². The van der Waals surface area contributed by atoms with E-state index in [-0.39, 0.29) is 17.7 Å². The first-order chi connectivity index (χ1) is 13.5. The molecule has 2 aliphatic heterocycles. The summed E-state index contributed by atoms with van der Waals surface area (Å²) >= 11 is 12.5. The summed E-state index contributed by atoms with van der Waals surface area (Å²) < 4.78 is 0. The van der Waals surface area contributed by atoms with Gasteiger partial charge in [0, 0.05) is 34.5 Å². The summed E-state index contributed by atoms with van der Waals surface area (Å²) in [6.45, 7) is 0.673. The molecular formula is C22H20Cl2N2O2. The molecule has 1 N–H and O–H groups in total. The van der Waals surface area contributed by atoms with Gasteiger partial charge in [0.2, 0.25) is 5.91 Å². The molecule has 5 rings (SSSR count). The number of rotatable bonds is 3. The van der Waals surface area contributed by atoms with Crippen LogP contribution in [0.25, 0.3) is 0 Å². The first-order valence-electron chi connectivity index (χ1n) is 9.67. The van der Waals surface area contributed by atoms with E-state index in [0.717, 1.165) is 29.7 Å². The maximum absolute atomic E-state index is 13.9. The van der Waals surface area contributed by atoms with Crippen molar-refractivity contribution in [3.63, 3.8) is 0 Å². The number of hydrogen-bond donors (Lipinski definition) is 1. The van der Waals surface area contributed by atoms with E-state index in [1.807, 2.05) is 41.3 Å². The van der Waals surface area contributed by atoms with Crippen LogP contribution in [0.5, 0.6) is 0 Å². The van der Waals surface area contributed by atoms with E-state index >= 15 is 0 Å². The summed E-state index contributed by atoms with van der Waals surface area (Å²) in [5.74, 6) is 0.186. The molecule has 2 heterocycles. The first-order valence-corrected chi connectivity index (χ1v) is 10.4. The number of carbonyl (C=O) groups excluding carboxylic acids is 2. The Hall–Kier alpha value is -2.04. The molecule has 1 saturated heterocycles. The predicted molar refractivity (Wildman–Crippen MR) is 110 cm³/mol. The molecular weight excluding hydrogens is 395 g/mol. The highest BCUT2D eigenvalue weighted by atomic mass is 35.5. The van der Waals surface area contributed by atoms with Crippen molar-refractivity contribution < 1.29 is 9.59 Å². The molecule has 6 heteroatoms. The maximum atomic E-state index is 13.9. The van der Waals surface area contributed by atoms with E-state index in [1.165, 1.54) is 0 Å². The number of anilines is 1. The number of amides is 2. The van der Waals surface area contributed by atoms with Gasteiger partial charge in [0.1, 0.15) is 0 Å². The van der Waals surface area contributed by atoms with Crippen molar-refractivity contribution >= 4 is 40.7 Å². The summed E-state index contributed by atoms with van der Waals surface area (Å²) in [6, 6.07) is 13.1. The third kappa shape index (κ3) is 2.73. The minimum absolute atomic E-state index is 0.0605. The number of benzene rings is 2. The third-order valence-electron chi connectivity index (χ3n) is 6.17. The lowest BCUT2D eigenvalue weighted by Gasteiger charge is -2.41. The van der Waals surface area contributed by atoms with Crippen LogP contribution in [0.15, 0.2) is 42.5 Å². The van der Waals surface area contributed by atoms with E-state index in [2.05, 4.69) is 5.32 Å². The summed E-state index contributed by atoms with van der Waals surface area (Å²) in [4.78, 5) is 28.2. The van der Waals surface area contributed by atoms with Gasteiger partial charge in [0.05, 0.1) is 5.69 Å². The molecule has 0 aromatic heterocycles. The smallest absolute Gasteiger partial charge is 0.258 e. The largest absolute Gasteiger partial charge is 0.337 e. The summed E-state index contributed by atoms with van der Waals surface area (Å²) in [7, 11) is 0. The quantitative estimate of drug-likeness (QED) is 0.794. The number of carbonyl (C=O) groups is 2. The fourth-order valence-corrected chi connectivity index (χ4v) is 5.06. The molecule has 1 saturated carbocycles. The van der Waals surface area contributed by atoms with Crippen LogP contribution in [0.2, 0.25) is 10.0 Å². The molecule has 2 atom stereocenters. The van der Waals surface area contributed by atoms with Gasteiger partial charge in [0.15, 0.2) is 5.54 Å². The summed E-state index contributed by atoms with van der Waals surface area (Å²) in [5, 5.41) is 4.31. The van der Waals surface area contributed by atoms with E-state index in [4.69, 9.17) is 23.2 Å². The van der Waals surface area contributed by atoms with Gasteiger partial charge in [-0.15, -0.1) is 0 Å². The zero-order valence-corrected chi connectivity index (χ0v) is 16.8. The standard InChI is InChI=1S/C22H20Cl2N2O2/c23-15-3-1-2-14(10-15)17-8-9-20(27)25-22(17)18-7-6-16(24)11-19(18)26(21(22)28)12-13-4-5-13/h1-3,6-7,10-11,13,17H,4-5,8-9,12H2,(H,25,27)/t17-,22+/m1/s1. The van der Waals surface area contributed by atoms with Crippen LogP contribution in [-0.4, -0.2) is 18.4 Å². The molecule has 4 nitrogen and oxygen atoms in total. The van der Waals surface area contributed by atoms with Gasteiger partial charge in [0.25, 0.3) is 5.91 Å². The van der Waals surface area contributed by atoms with Gasteiger partial charge >= 0.3 is 0 Å². The van der Waals surface area contributed by atoms with E-state index in [0.29, 0.717) is 35.3 Å². The maximum Gasteiger partial charge on any atom is 0.258 e. The lowest BCUT2D eigenvalue weighted by Crippen LogP contribution is -2.59. The molecule has 1 aliphatic carbocycles. The summed E-state index contributed by atoms with van der Waals surface area (Å²) in [6.07, 6.45) is 3.25. The van der Waals surface area contributed by atoms with E-state index < -0.39 is 5.54 Å². The Labute approximate surface area is 173 Å². The number of halogens is 2. The highest BCUT2D eigenvalue weighted by Crippen LogP contribution is 2.53.